The molecule has 0 radical (unpaired) electrons. The van der Waals surface area contributed by atoms with Gasteiger partial charge in [-0.15, -0.1) is 0 Å². The molecule has 5 nitrogen and oxygen atoms in total. The predicted octanol–water partition coefficient (Wildman–Crippen LogP) is 5.78. The van der Waals surface area contributed by atoms with Crippen LogP contribution in [0.1, 0.15) is 75.9 Å². The van der Waals surface area contributed by atoms with Crippen molar-refractivity contribution in [1.82, 2.24) is 0 Å². The van der Waals surface area contributed by atoms with Gasteiger partial charge in [0.1, 0.15) is 22.8 Å². The predicted molar refractivity (Wildman–Crippen MR) is 105 cm³/mol. The maximum absolute atomic E-state index is 11.8. The fourth-order valence-corrected chi connectivity index (χ4v) is 3.18. The summed E-state index contributed by atoms with van der Waals surface area (Å²) in [5.74, 6) is -0.466. The van der Waals surface area contributed by atoms with Crippen LogP contribution >= 0.6 is 0 Å². The molecule has 0 saturated heterocycles. The van der Waals surface area contributed by atoms with Crippen LogP contribution in [-0.2, 0) is 10.2 Å². The third kappa shape index (κ3) is 5.06. The average Bonchev–Trinajstić information content (AvgIpc) is 3.08. The van der Waals surface area contributed by atoms with Crippen LogP contribution < -0.4 is 0 Å². The maximum atomic E-state index is 11.8. The van der Waals surface area contributed by atoms with Crippen LogP contribution in [0.3, 0.4) is 0 Å². The molecule has 0 bridgehead atoms. The van der Waals surface area contributed by atoms with Gasteiger partial charge in [-0.05, 0) is 48.6 Å². The Labute approximate surface area is 161 Å². The Morgan fingerprint density at radius 2 is 1.74 bits per heavy atom. The second kappa shape index (κ2) is 8.98. The summed E-state index contributed by atoms with van der Waals surface area (Å²) in [6.45, 7) is 8.36. The van der Waals surface area contributed by atoms with Gasteiger partial charge in [0.05, 0.1) is 6.61 Å². The zero-order valence-corrected chi connectivity index (χ0v) is 16.7. The molecular weight excluding hydrogens is 344 g/mol. The van der Waals surface area contributed by atoms with Crippen molar-refractivity contribution in [3.05, 3.63) is 35.6 Å². The first-order valence-corrected chi connectivity index (χ1v) is 9.64. The standard InChI is InChI=1S/C22H30O5/c1-5-7-8-9-12-22(3,4)15-13-16(23)20(17(24)14-15)18-10-11-19(27-18)21(25)26-6-2/h10-11,13-14,23-24H,5-9,12H2,1-4H3. The number of hydrogen-bond donors (Lipinski definition) is 2. The minimum Gasteiger partial charge on any atom is -0.507 e. The van der Waals surface area contributed by atoms with E-state index in [2.05, 4.69) is 20.8 Å². The zero-order chi connectivity index (χ0) is 20.0. The number of unbranched alkanes of at least 4 members (excludes halogenated alkanes) is 3. The van der Waals surface area contributed by atoms with Crippen molar-refractivity contribution in [3.63, 3.8) is 0 Å². The quantitative estimate of drug-likeness (QED) is 0.429. The van der Waals surface area contributed by atoms with E-state index in [9.17, 15) is 15.0 Å². The number of esters is 1. The Balaban J connectivity index is 2.25. The van der Waals surface area contributed by atoms with Crippen molar-refractivity contribution in [2.75, 3.05) is 6.61 Å². The number of rotatable bonds is 9. The molecule has 2 rings (SSSR count). The van der Waals surface area contributed by atoms with Crippen molar-refractivity contribution in [1.29, 1.82) is 0 Å². The van der Waals surface area contributed by atoms with Crippen LogP contribution in [-0.4, -0.2) is 22.8 Å². The molecular formula is C22H30O5. The summed E-state index contributed by atoms with van der Waals surface area (Å²) in [6.07, 6.45) is 5.66. The van der Waals surface area contributed by atoms with Gasteiger partial charge < -0.3 is 19.4 Å². The van der Waals surface area contributed by atoms with Crippen LogP contribution in [0.4, 0.5) is 0 Å². The molecule has 27 heavy (non-hydrogen) atoms. The van der Waals surface area contributed by atoms with Gasteiger partial charge >= 0.3 is 5.97 Å². The lowest BCUT2D eigenvalue weighted by atomic mass is 9.79. The topological polar surface area (TPSA) is 79.9 Å². The monoisotopic (exact) mass is 374 g/mol. The van der Waals surface area contributed by atoms with Crippen molar-refractivity contribution >= 4 is 5.97 Å². The molecule has 148 valence electrons. The highest BCUT2D eigenvalue weighted by atomic mass is 16.5. The van der Waals surface area contributed by atoms with E-state index in [1.807, 2.05) is 0 Å². The summed E-state index contributed by atoms with van der Waals surface area (Å²) in [6, 6.07) is 6.34. The van der Waals surface area contributed by atoms with Gasteiger partial charge in [-0.25, -0.2) is 4.79 Å². The smallest absolute Gasteiger partial charge is 0.374 e. The Kier molecular flexibility index (Phi) is 6.94. The van der Waals surface area contributed by atoms with Crippen molar-refractivity contribution in [3.8, 4) is 22.8 Å². The van der Waals surface area contributed by atoms with E-state index >= 15 is 0 Å². The maximum Gasteiger partial charge on any atom is 0.374 e. The molecule has 2 aromatic rings. The van der Waals surface area contributed by atoms with E-state index in [1.165, 1.54) is 31.4 Å². The molecule has 0 amide bonds. The molecule has 0 saturated carbocycles. The van der Waals surface area contributed by atoms with Crippen LogP contribution in [0.5, 0.6) is 11.5 Å². The lowest BCUT2D eigenvalue weighted by molar-refractivity contribution is 0.0491. The van der Waals surface area contributed by atoms with Gasteiger partial charge in [0, 0.05) is 0 Å². The highest BCUT2D eigenvalue weighted by Gasteiger charge is 2.25. The fraction of sp³-hybridized carbons (Fsp3) is 0.500. The number of hydrogen-bond acceptors (Lipinski definition) is 5. The second-order valence-corrected chi connectivity index (χ2v) is 7.47. The lowest BCUT2D eigenvalue weighted by Gasteiger charge is -2.26. The highest BCUT2D eigenvalue weighted by molar-refractivity contribution is 5.87. The third-order valence-corrected chi connectivity index (χ3v) is 4.86. The number of furan rings is 1. The Morgan fingerprint density at radius 1 is 1.07 bits per heavy atom. The second-order valence-electron chi connectivity index (χ2n) is 7.47. The summed E-state index contributed by atoms with van der Waals surface area (Å²) in [4.78, 5) is 11.8. The highest BCUT2D eigenvalue weighted by Crippen LogP contribution is 2.42. The fourth-order valence-electron chi connectivity index (χ4n) is 3.18. The number of aromatic hydroxyl groups is 2. The molecule has 0 atom stereocenters. The van der Waals surface area contributed by atoms with Gasteiger partial charge in [0.25, 0.3) is 0 Å². The zero-order valence-electron chi connectivity index (χ0n) is 16.7. The van der Waals surface area contributed by atoms with E-state index < -0.39 is 5.97 Å². The first-order valence-electron chi connectivity index (χ1n) is 9.64. The number of phenolic OH excluding ortho intramolecular Hbond substituents is 2. The molecule has 5 heteroatoms. The first kappa shape index (κ1) is 20.9. The van der Waals surface area contributed by atoms with Crippen molar-refractivity contribution in [2.24, 2.45) is 0 Å². The van der Waals surface area contributed by atoms with E-state index in [4.69, 9.17) is 9.15 Å². The minimum absolute atomic E-state index is 0.0333. The summed E-state index contributed by atoms with van der Waals surface area (Å²) < 4.78 is 10.4. The molecule has 0 aliphatic carbocycles. The van der Waals surface area contributed by atoms with E-state index in [-0.39, 0.29) is 40.6 Å². The number of carbonyl (C=O) groups excluding carboxylic acids is 1. The number of carbonyl (C=O) groups is 1. The van der Waals surface area contributed by atoms with Crippen LogP contribution in [0.2, 0.25) is 0 Å². The largest absolute Gasteiger partial charge is 0.507 e. The van der Waals surface area contributed by atoms with Crippen LogP contribution in [0.15, 0.2) is 28.7 Å². The molecule has 0 unspecified atom stereocenters. The van der Waals surface area contributed by atoms with Crippen LogP contribution in [0.25, 0.3) is 11.3 Å². The summed E-state index contributed by atoms with van der Waals surface area (Å²) in [5, 5.41) is 21.0. The molecule has 1 heterocycles. The number of benzene rings is 1. The van der Waals surface area contributed by atoms with Gasteiger partial charge in [0.15, 0.2) is 0 Å². The van der Waals surface area contributed by atoms with Gasteiger partial charge in [-0.3, -0.25) is 0 Å². The molecule has 0 spiro atoms. The SMILES string of the molecule is CCCCCCC(C)(C)c1cc(O)c(-c2ccc(C(=O)OCC)o2)c(O)c1. The summed E-state index contributed by atoms with van der Waals surface area (Å²) in [5.41, 5.74) is 0.881. The van der Waals surface area contributed by atoms with Gasteiger partial charge in [-0.2, -0.15) is 0 Å². The third-order valence-electron chi connectivity index (χ3n) is 4.86. The molecule has 0 fully saturated rings. The molecule has 1 aromatic carbocycles. The average molecular weight is 374 g/mol. The Hall–Kier alpha value is -2.43. The first-order chi connectivity index (χ1) is 12.8. The van der Waals surface area contributed by atoms with E-state index in [0.717, 1.165) is 18.4 Å². The van der Waals surface area contributed by atoms with E-state index in [0.29, 0.717) is 0 Å². The normalized spacial score (nSPS) is 11.6. The summed E-state index contributed by atoms with van der Waals surface area (Å²) >= 11 is 0. The van der Waals surface area contributed by atoms with Gasteiger partial charge in [-0.1, -0.05) is 46.5 Å². The molecule has 1 aromatic heterocycles. The molecule has 0 aliphatic rings. The van der Waals surface area contributed by atoms with Crippen molar-refractivity contribution < 1.29 is 24.2 Å². The number of phenols is 2. The molecule has 0 aliphatic heterocycles. The van der Waals surface area contributed by atoms with Crippen molar-refractivity contribution in [2.45, 2.75) is 65.2 Å². The number of ether oxygens (including phenoxy) is 1. The summed E-state index contributed by atoms with van der Waals surface area (Å²) in [7, 11) is 0. The van der Waals surface area contributed by atoms with Gasteiger partial charge in [0.2, 0.25) is 5.76 Å². The lowest BCUT2D eigenvalue weighted by Crippen LogP contribution is -2.17. The Morgan fingerprint density at radius 3 is 2.33 bits per heavy atom. The minimum atomic E-state index is -0.576. The van der Waals surface area contributed by atoms with E-state index in [1.54, 1.807) is 19.1 Å². The molecule has 2 N–H and O–H groups in total. The Bertz CT molecular complexity index is 750. The van der Waals surface area contributed by atoms with Crippen LogP contribution in [0, 0.1) is 0 Å².